The highest BCUT2D eigenvalue weighted by atomic mass is 32.1. The van der Waals surface area contributed by atoms with Crippen molar-refractivity contribution in [3.8, 4) is 27.8 Å². The lowest BCUT2D eigenvalue weighted by Crippen LogP contribution is -2.34. The fourth-order valence-electron chi connectivity index (χ4n) is 2.96. The van der Waals surface area contributed by atoms with Crippen molar-refractivity contribution in [2.45, 2.75) is 0 Å². The smallest absolute Gasteiger partial charge is 0.257 e. The second-order valence-electron chi connectivity index (χ2n) is 6.37. The van der Waals surface area contributed by atoms with Gasteiger partial charge in [-0.05, 0) is 36.5 Å². The zero-order chi connectivity index (χ0) is 22.7. The molecular weight excluding hydrogens is 452 g/mol. The molecule has 12 heteroatoms. The number of nitrogens with one attached hydrogen (secondary N) is 2. The monoisotopic (exact) mass is 470 g/mol. The summed E-state index contributed by atoms with van der Waals surface area (Å²) in [5.74, 6) is 0.711. The molecule has 1 amide bonds. The van der Waals surface area contributed by atoms with Crippen molar-refractivity contribution in [3.63, 3.8) is 0 Å². The van der Waals surface area contributed by atoms with Crippen LogP contribution in [0.15, 0.2) is 42.7 Å². The molecule has 4 rings (SSSR count). The van der Waals surface area contributed by atoms with Crippen LogP contribution in [0.25, 0.3) is 15.5 Å². The van der Waals surface area contributed by atoms with Gasteiger partial charge >= 0.3 is 0 Å². The molecule has 10 nitrogen and oxygen atoms in total. The maximum absolute atomic E-state index is 12.7. The summed E-state index contributed by atoms with van der Waals surface area (Å²) in [6.07, 6.45) is 1.55. The van der Waals surface area contributed by atoms with Crippen LogP contribution in [0, 0.1) is 0 Å². The highest BCUT2D eigenvalue weighted by Crippen LogP contribution is 2.38. The van der Waals surface area contributed by atoms with Crippen LogP contribution in [0.4, 0.5) is 5.69 Å². The molecular formula is C20H18N6O4S2. The Morgan fingerprint density at radius 2 is 1.84 bits per heavy atom. The molecule has 0 aliphatic carbocycles. The standard InChI is InChI=1S/C20H18N6O4S2/c1-28-14-8-12(9-15(29-2)16(14)30-3)17(27)23-19(31)22-13-6-4-5-11(7-13)18-25-26-10-21-24-20(26)32-18/h4-10H,1-3H3,(H2,22,23,27,31). The first-order valence-corrected chi connectivity index (χ1v) is 10.4. The van der Waals surface area contributed by atoms with Crippen LogP contribution in [-0.4, -0.2) is 52.2 Å². The molecule has 0 aliphatic rings. The number of hydrogen-bond donors (Lipinski definition) is 2. The van der Waals surface area contributed by atoms with E-state index >= 15 is 0 Å². The van der Waals surface area contributed by atoms with Crippen LogP contribution >= 0.6 is 23.6 Å². The van der Waals surface area contributed by atoms with Gasteiger partial charge in [-0.15, -0.1) is 10.2 Å². The minimum atomic E-state index is -0.424. The summed E-state index contributed by atoms with van der Waals surface area (Å²) in [6, 6.07) is 10.6. The second kappa shape index (κ2) is 9.16. The third-order valence-corrected chi connectivity index (χ3v) is 5.57. The number of carbonyl (C=O) groups excluding carboxylic acids is 1. The van der Waals surface area contributed by atoms with Crippen molar-refractivity contribution in [3.05, 3.63) is 48.3 Å². The van der Waals surface area contributed by atoms with E-state index in [2.05, 4.69) is 25.9 Å². The summed E-state index contributed by atoms with van der Waals surface area (Å²) in [5.41, 5.74) is 1.88. The van der Waals surface area contributed by atoms with E-state index in [1.807, 2.05) is 24.3 Å². The number of thiocarbonyl (C=S) groups is 1. The average Bonchev–Trinajstić information content (AvgIpc) is 3.40. The number of aromatic nitrogens is 4. The van der Waals surface area contributed by atoms with E-state index in [0.717, 1.165) is 10.6 Å². The molecule has 0 fully saturated rings. The van der Waals surface area contributed by atoms with E-state index < -0.39 is 5.91 Å². The number of methoxy groups -OCH3 is 3. The van der Waals surface area contributed by atoms with E-state index in [1.54, 1.807) is 23.0 Å². The van der Waals surface area contributed by atoms with Gasteiger partial charge in [0.15, 0.2) is 16.6 Å². The summed E-state index contributed by atoms with van der Waals surface area (Å²) in [7, 11) is 4.46. The van der Waals surface area contributed by atoms with Gasteiger partial charge in [0.1, 0.15) is 11.3 Å². The zero-order valence-corrected chi connectivity index (χ0v) is 18.9. The number of fused-ring (bicyclic) bond motifs is 1. The van der Waals surface area contributed by atoms with Crippen molar-refractivity contribution < 1.29 is 19.0 Å². The van der Waals surface area contributed by atoms with Gasteiger partial charge in [-0.25, -0.2) is 0 Å². The Kier molecular flexibility index (Phi) is 6.14. The number of hydrogen-bond acceptors (Lipinski definition) is 9. The lowest BCUT2D eigenvalue weighted by molar-refractivity contribution is 0.0977. The molecule has 2 aromatic carbocycles. The summed E-state index contributed by atoms with van der Waals surface area (Å²) in [4.78, 5) is 13.4. The number of ether oxygens (including phenoxy) is 3. The van der Waals surface area contributed by atoms with Crippen molar-refractivity contribution in [2.75, 3.05) is 26.6 Å². The van der Waals surface area contributed by atoms with Crippen LogP contribution in [-0.2, 0) is 0 Å². The lowest BCUT2D eigenvalue weighted by Gasteiger charge is -2.14. The minimum Gasteiger partial charge on any atom is -0.493 e. The fraction of sp³-hybridized carbons (Fsp3) is 0.150. The third kappa shape index (κ3) is 4.31. The molecule has 0 aliphatic heterocycles. The van der Waals surface area contributed by atoms with Gasteiger partial charge in [0.2, 0.25) is 10.7 Å². The first kappa shape index (κ1) is 21.5. The molecule has 0 saturated carbocycles. The Hall–Kier alpha value is -3.77. The maximum Gasteiger partial charge on any atom is 0.257 e. The molecule has 2 aromatic heterocycles. The van der Waals surface area contributed by atoms with Gasteiger partial charge < -0.3 is 19.5 Å². The van der Waals surface area contributed by atoms with E-state index in [1.165, 1.54) is 32.7 Å². The first-order valence-electron chi connectivity index (χ1n) is 9.22. The van der Waals surface area contributed by atoms with Crippen molar-refractivity contribution in [1.29, 1.82) is 0 Å². The fourth-order valence-corrected chi connectivity index (χ4v) is 3.98. The summed E-state index contributed by atoms with van der Waals surface area (Å²) in [5, 5.41) is 18.8. The molecule has 0 radical (unpaired) electrons. The van der Waals surface area contributed by atoms with Crippen LogP contribution in [0.5, 0.6) is 17.2 Å². The Morgan fingerprint density at radius 1 is 1.09 bits per heavy atom. The Bertz CT molecular complexity index is 1250. The number of rotatable bonds is 6. The van der Waals surface area contributed by atoms with Crippen molar-refractivity contribution in [2.24, 2.45) is 0 Å². The first-order chi connectivity index (χ1) is 15.5. The van der Waals surface area contributed by atoms with Crippen LogP contribution in [0.3, 0.4) is 0 Å². The van der Waals surface area contributed by atoms with Gasteiger partial charge in [-0.1, -0.05) is 23.5 Å². The number of anilines is 1. The molecule has 32 heavy (non-hydrogen) atoms. The molecule has 0 unspecified atom stereocenters. The van der Waals surface area contributed by atoms with Crippen LogP contribution in [0.2, 0.25) is 0 Å². The molecule has 0 saturated heterocycles. The van der Waals surface area contributed by atoms with Gasteiger partial charge in [-0.2, -0.15) is 9.61 Å². The number of carbonyl (C=O) groups is 1. The maximum atomic E-state index is 12.7. The van der Waals surface area contributed by atoms with Crippen LogP contribution in [0.1, 0.15) is 10.4 Å². The zero-order valence-electron chi connectivity index (χ0n) is 17.3. The third-order valence-electron chi connectivity index (χ3n) is 4.41. The molecule has 4 aromatic rings. The highest BCUT2D eigenvalue weighted by Gasteiger charge is 2.18. The van der Waals surface area contributed by atoms with E-state index in [-0.39, 0.29) is 5.11 Å². The predicted molar refractivity (Wildman–Crippen MR) is 124 cm³/mol. The Labute approximate surface area is 192 Å². The van der Waals surface area contributed by atoms with E-state index in [9.17, 15) is 4.79 Å². The topological polar surface area (TPSA) is 112 Å². The van der Waals surface area contributed by atoms with Gasteiger partial charge in [-0.3, -0.25) is 10.1 Å². The van der Waals surface area contributed by atoms with Gasteiger partial charge in [0.05, 0.1) is 21.3 Å². The normalized spacial score (nSPS) is 10.6. The average molecular weight is 471 g/mol. The van der Waals surface area contributed by atoms with Gasteiger partial charge in [0, 0.05) is 16.8 Å². The Morgan fingerprint density at radius 3 is 2.50 bits per heavy atom. The van der Waals surface area contributed by atoms with Crippen molar-refractivity contribution in [1.82, 2.24) is 25.1 Å². The summed E-state index contributed by atoms with van der Waals surface area (Å²) < 4.78 is 17.5. The SMILES string of the molecule is COc1cc(C(=O)NC(=S)Nc2cccc(-c3nn4cnnc4s3)c2)cc(OC)c1OC. The molecule has 0 spiro atoms. The highest BCUT2D eigenvalue weighted by molar-refractivity contribution is 7.80. The summed E-state index contributed by atoms with van der Waals surface area (Å²) >= 11 is 6.73. The lowest BCUT2D eigenvalue weighted by atomic mass is 10.1. The van der Waals surface area contributed by atoms with Crippen molar-refractivity contribution >= 4 is 45.2 Å². The van der Waals surface area contributed by atoms with E-state index in [4.69, 9.17) is 26.4 Å². The predicted octanol–water partition coefficient (Wildman–Crippen LogP) is 3.01. The molecule has 2 heterocycles. The molecule has 164 valence electrons. The number of nitrogens with zero attached hydrogens (tertiary/aromatic N) is 4. The molecule has 0 bridgehead atoms. The Balaban J connectivity index is 1.48. The largest absolute Gasteiger partial charge is 0.493 e. The number of amides is 1. The summed E-state index contributed by atoms with van der Waals surface area (Å²) in [6.45, 7) is 0. The van der Waals surface area contributed by atoms with E-state index in [0.29, 0.717) is 33.5 Å². The molecule has 2 N–H and O–H groups in total. The second-order valence-corrected chi connectivity index (χ2v) is 7.73. The minimum absolute atomic E-state index is 0.138. The quantitative estimate of drug-likeness (QED) is 0.411. The molecule has 0 atom stereocenters. The van der Waals surface area contributed by atoms with Crippen LogP contribution < -0.4 is 24.8 Å². The van der Waals surface area contributed by atoms with Gasteiger partial charge in [0.25, 0.3) is 5.91 Å². The number of benzene rings is 2.